The van der Waals surface area contributed by atoms with Gasteiger partial charge >= 0.3 is 17.9 Å². The molecule has 4 heterocycles. The fourth-order valence-electron chi connectivity index (χ4n) is 11.0. The van der Waals surface area contributed by atoms with Gasteiger partial charge < -0.3 is 33.9 Å². The normalized spacial score (nSPS) is 54.6. The average molecular weight is 575 g/mol. The Balaban J connectivity index is 1.31. The summed E-state index contributed by atoms with van der Waals surface area (Å²) in [5, 5.41) is 23.5. The lowest BCUT2D eigenvalue weighted by atomic mass is 9.51. The van der Waals surface area contributed by atoms with Crippen LogP contribution < -0.4 is 0 Å². The van der Waals surface area contributed by atoms with Crippen LogP contribution in [0.5, 0.6) is 0 Å². The van der Waals surface area contributed by atoms with Crippen LogP contribution in [0.1, 0.15) is 80.1 Å². The van der Waals surface area contributed by atoms with E-state index in [0.717, 1.165) is 0 Å². The fraction of sp³-hybridized carbons (Fsp3) is 0.839. The van der Waals surface area contributed by atoms with E-state index in [0.29, 0.717) is 37.7 Å². The molecule has 3 aliphatic carbocycles. The van der Waals surface area contributed by atoms with E-state index < -0.39 is 58.2 Å². The zero-order valence-corrected chi connectivity index (χ0v) is 24.7. The van der Waals surface area contributed by atoms with Crippen molar-refractivity contribution in [3.63, 3.8) is 0 Å². The third kappa shape index (κ3) is 3.31. The summed E-state index contributed by atoms with van der Waals surface area (Å²) in [6, 6.07) is 0. The Morgan fingerprint density at radius 2 is 1.80 bits per heavy atom. The van der Waals surface area contributed by atoms with Crippen molar-refractivity contribution in [2.75, 3.05) is 0 Å². The van der Waals surface area contributed by atoms with Crippen LogP contribution in [-0.4, -0.2) is 81.0 Å². The molecular weight excluding hydrogens is 532 g/mol. The highest BCUT2D eigenvalue weighted by molar-refractivity contribution is 5.90. The molecule has 226 valence electrons. The Morgan fingerprint density at radius 1 is 1.10 bits per heavy atom. The Kier molecular flexibility index (Phi) is 5.65. The lowest BCUT2D eigenvalue weighted by Gasteiger charge is -2.59. The molecule has 0 unspecified atom stereocenters. The van der Waals surface area contributed by atoms with Gasteiger partial charge in [-0.25, -0.2) is 9.59 Å². The number of aliphatic hydroxyl groups is 2. The van der Waals surface area contributed by atoms with Crippen molar-refractivity contribution in [1.82, 2.24) is 0 Å². The van der Waals surface area contributed by atoms with E-state index in [-0.39, 0.29) is 48.1 Å². The first-order chi connectivity index (χ1) is 19.1. The number of hydrogen-bond donors (Lipinski definition) is 2. The molecule has 0 radical (unpaired) electrons. The molecule has 13 atom stereocenters. The van der Waals surface area contributed by atoms with Crippen LogP contribution in [0.25, 0.3) is 0 Å². The molecule has 0 aromatic rings. The molecular formula is C31H42O10. The second-order valence-electron chi connectivity index (χ2n) is 14.7. The molecule has 0 aromatic carbocycles. The molecule has 2 N–H and O–H groups in total. The molecule has 10 nitrogen and oxygen atoms in total. The maximum atomic E-state index is 12.7. The first-order valence-electron chi connectivity index (χ1n) is 15.2. The first kappa shape index (κ1) is 27.8. The fourth-order valence-corrected chi connectivity index (χ4v) is 11.0. The topological polar surface area (TPSA) is 138 Å². The number of aliphatic hydroxyl groups excluding tert-OH is 1. The summed E-state index contributed by atoms with van der Waals surface area (Å²) in [4.78, 5) is 37.4. The van der Waals surface area contributed by atoms with Crippen LogP contribution in [0.4, 0.5) is 0 Å². The van der Waals surface area contributed by atoms with Crippen LogP contribution in [0.3, 0.4) is 0 Å². The van der Waals surface area contributed by atoms with E-state index in [4.69, 9.17) is 23.7 Å². The van der Waals surface area contributed by atoms with Crippen LogP contribution in [0.2, 0.25) is 0 Å². The smallest absolute Gasteiger partial charge is 0.338 e. The summed E-state index contributed by atoms with van der Waals surface area (Å²) in [6.07, 6.45) is 1.06. The molecule has 7 rings (SSSR count). The van der Waals surface area contributed by atoms with Gasteiger partial charge in [-0.1, -0.05) is 13.8 Å². The highest BCUT2D eigenvalue weighted by Crippen LogP contribution is 2.73. The Bertz CT molecular complexity index is 1240. The average Bonchev–Trinajstić information content (AvgIpc) is 3.52. The number of esters is 3. The third-order valence-electron chi connectivity index (χ3n) is 12.5. The standard InChI is InChI=1S/C31H42O10/c1-14-11-18(38-25(14)34)23-15(2)17-12-21(37-16(3)32)28(6)20-8-7-19-27(4,5)40-24-22(33)26(35)41-30(19,24)13-29(20,36)9-10-31(17,28)39-23/h11,15,17-24,33,36H,7-10,12-13H2,1-6H3/t15-,17-,18+,19+,20+,21+,22-,23-,24-,28+,29+,30-,31+/m1/s1. The van der Waals surface area contributed by atoms with E-state index >= 15 is 0 Å². The van der Waals surface area contributed by atoms with Gasteiger partial charge in [-0.3, -0.25) is 4.79 Å². The molecule has 4 aliphatic heterocycles. The van der Waals surface area contributed by atoms with Gasteiger partial charge in [0, 0.05) is 30.3 Å². The number of cyclic esters (lactones) is 1. The van der Waals surface area contributed by atoms with Crippen molar-refractivity contribution in [3.05, 3.63) is 11.6 Å². The Labute approximate surface area is 240 Å². The van der Waals surface area contributed by atoms with Gasteiger partial charge in [-0.05, 0) is 76.7 Å². The minimum Gasteiger partial charge on any atom is -0.462 e. The van der Waals surface area contributed by atoms with E-state index in [1.165, 1.54) is 6.92 Å². The molecule has 0 amide bonds. The van der Waals surface area contributed by atoms with Gasteiger partial charge in [0.2, 0.25) is 0 Å². The predicted molar refractivity (Wildman–Crippen MR) is 141 cm³/mol. The number of hydrogen-bond acceptors (Lipinski definition) is 10. The van der Waals surface area contributed by atoms with Crippen LogP contribution in [0, 0.1) is 29.1 Å². The van der Waals surface area contributed by atoms with Crippen molar-refractivity contribution in [2.45, 2.75) is 133 Å². The molecule has 3 saturated carbocycles. The van der Waals surface area contributed by atoms with E-state index in [2.05, 4.69) is 13.8 Å². The van der Waals surface area contributed by atoms with Gasteiger partial charge in [0.25, 0.3) is 0 Å². The molecule has 41 heavy (non-hydrogen) atoms. The van der Waals surface area contributed by atoms with Crippen molar-refractivity contribution in [1.29, 1.82) is 0 Å². The lowest BCUT2D eigenvalue weighted by molar-refractivity contribution is -0.255. The van der Waals surface area contributed by atoms with Gasteiger partial charge in [0.1, 0.15) is 30.0 Å². The summed E-state index contributed by atoms with van der Waals surface area (Å²) in [5.41, 5.74) is -4.01. The molecule has 10 heteroatoms. The first-order valence-corrected chi connectivity index (χ1v) is 15.2. The minimum atomic E-state index is -1.40. The van der Waals surface area contributed by atoms with Crippen LogP contribution in [0.15, 0.2) is 11.6 Å². The SMILES string of the molecule is CC(=O)O[C@H]1C[C@@H]2[C@@H](C)[C@H]([C@@H]3C=C(C)C(=O)O3)O[C@@]23CC[C@]2(O)C[C@]45OC(=O)[C@H](O)[C@H]4OC(C)(C)[C@@H]5CC[C@H]2[C@@]13C. The van der Waals surface area contributed by atoms with Crippen molar-refractivity contribution >= 4 is 17.9 Å². The van der Waals surface area contributed by atoms with Gasteiger partial charge in [-0.15, -0.1) is 0 Å². The maximum Gasteiger partial charge on any atom is 0.338 e. The molecule has 0 bridgehead atoms. The molecule has 3 saturated heterocycles. The van der Waals surface area contributed by atoms with Crippen molar-refractivity contribution in [2.24, 2.45) is 29.1 Å². The second kappa shape index (κ2) is 8.33. The summed E-state index contributed by atoms with van der Waals surface area (Å²) in [7, 11) is 0. The number of fused-ring (bicyclic) bond motifs is 2. The summed E-state index contributed by atoms with van der Waals surface area (Å²) in [6.45, 7) is 11.3. The number of carbonyl (C=O) groups is 3. The van der Waals surface area contributed by atoms with Crippen molar-refractivity contribution in [3.8, 4) is 0 Å². The Hall–Kier alpha value is -2.01. The molecule has 7 aliphatic rings. The number of rotatable bonds is 2. The predicted octanol–water partition coefficient (Wildman–Crippen LogP) is 2.36. The zero-order valence-electron chi connectivity index (χ0n) is 24.7. The maximum absolute atomic E-state index is 12.7. The van der Waals surface area contributed by atoms with Gasteiger partial charge in [0.15, 0.2) is 6.10 Å². The van der Waals surface area contributed by atoms with E-state index in [1.54, 1.807) is 6.92 Å². The van der Waals surface area contributed by atoms with E-state index in [1.807, 2.05) is 19.9 Å². The monoisotopic (exact) mass is 574 g/mol. The van der Waals surface area contributed by atoms with E-state index in [9.17, 15) is 24.6 Å². The molecule has 6 fully saturated rings. The highest BCUT2D eigenvalue weighted by atomic mass is 16.6. The summed E-state index contributed by atoms with van der Waals surface area (Å²) >= 11 is 0. The summed E-state index contributed by atoms with van der Waals surface area (Å²) < 4.78 is 31.2. The van der Waals surface area contributed by atoms with Crippen LogP contribution in [-0.2, 0) is 38.1 Å². The molecule has 0 aromatic heterocycles. The quantitative estimate of drug-likeness (QED) is 0.373. The van der Waals surface area contributed by atoms with Crippen LogP contribution >= 0.6 is 0 Å². The zero-order chi connectivity index (χ0) is 29.5. The largest absolute Gasteiger partial charge is 0.462 e. The number of ether oxygens (including phenoxy) is 5. The molecule has 2 spiro atoms. The Morgan fingerprint density at radius 3 is 2.46 bits per heavy atom. The second-order valence-corrected chi connectivity index (χ2v) is 14.7. The summed E-state index contributed by atoms with van der Waals surface area (Å²) in [5.74, 6) is -1.95. The minimum absolute atomic E-state index is 0.0208. The van der Waals surface area contributed by atoms with Gasteiger partial charge in [0.05, 0.1) is 16.8 Å². The lowest BCUT2D eigenvalue weighted by Crippen LogP contribution is -2.66. The van der Waals surface area contributed by atoms with Crippen molar-refractivity contribution < 1.29 is 48.3 Å². The third-order valence-corrected chi connectivity index (χ3v) is 12.5. The number of carbonyl (C=O) groups excluding carboxylic acids is 3. The van der Waals surface area contributed by atoms with Gasteiger partial charge in [-0.2, -0.15) is 0 Å². The highest BCUT2D eigenvalue weighted by Gasteiger charge is 2.80.